The van der Waals surface area contributed by atoms with E-state index in [0.29, 0.717) is 6.61 Å². The molecule has 0 atom stereocenters. The van der Waals surface area contributed by atoms with Gasteiger partial charge in [-0.05, 0) is 31.2 Å². The summed E-state index contributed by atoms with van der Waals surface area (Å²) in [6.45, 7) is 2.55. The quantitative estimate of drug-likeness (QED) is 0.684. The van der Waals surface area contributed by atoms with Gasteiger partial charge in [-0.3, -0.25) is 0 Å². The van der Waals surface area contributed by atoms with E-state index in [4.69, 9.17) is 9.47 Å². The van der Waals surface area contributed by atoms with Gasteiger partial charge in [0.25, 0.3) is 0 Å². The van der Waals surface area contributed by atoms with E-state index in [0.717, 1.165) is 32.6 Å². The predicted molar refractivity (Wildman–Crippen MR) is 89.6 cm³/mol. The van der Waals surface area contributed by atoms with Crippen LogP contribution in [0.1, 0.15) is 10.6 Å². The Morgan fingerprint density at radius 3 is 2.32 bits per heavy atom. The number of nitrogens with zero attached hydrogens (tertiary/aromatic N) is 1. The minimum atomic E-state index is 0.530. The van der Waals surface area contributed by atoms with Crippen molar-refractivity contribution in [3.63, 3.8) is 0 Å². The van der Waals surface area contributed by atoms with Crippen LogP contribution < -0.4 is 9.47 Å². The Kier molecular flexibility index (Phi) is 4.39. The second kappa shape index (κ2) is 6.62. The molecule has 0 bridgehead atoms. The molecule has 0 N–H and O–H groups in total. The third kappa shape index (κ3) is 3.28. The highest BCUT2D eigenvalue weighted by Crippen LogP contribution is 2.28. The first-order chi connectivity index (χ1) is 10.8. The van der Waals surface area contributed by atoms with E-state index in [1.165, 1.54) is 0 Å². The lowest BCUT2D eigenvalue weighted by Crippen LogP contribution is -1.94. The van der Waals surface area contributed by atoms with Crippen LogP contribution in [0.5, 0.6) is 11.5 Å². The molecule has 112 valence electrons. The Morgan fingerprint density at radius 2 is 1.64 bits per heavy atom. The van der Waals surface area contributed by atoms with Crippen molar-refractivity contribution >= 4 is 11.3 Å². The third-order valence-electron chi connectivity index (χ3n) is 3.34. The van der Waals surface area contributed by atoms with Crippen LogP contribution in [0.25, 0.3) is 10.6 Å². The number of ether oxygens (including phenoxy) is 2. The average Bonchev–Trinajstić information content (AvgIpc) is 2.95. The molecule has 3 nitrogen and oxygen atoms in total. The Hall–Kier alpha value is -2.33. The molecule has 0 radical (unpaired) electrons. The summed E-state index contributed by atoms with van der Waals surface area (Å²) in [5, 5.41) is 1.03. The number of aromatic nitrogens is 1. The fraction of sp³-hybridized carbons (Fsp3) is 0.167. The van der Waals surface area contributed by atoms with Crippen LogP contribution in [0.3, 0.4) is 0 Å². The van der Waals surface area contributed by atoms with Crippen LogP contribution in [0.4, 0.5) is 0 Å². The van der Waals surface area contributed by atoms with Gasteiger partial charge in [-0.15, -0.1) is 11.3 Å². The molecular weight excluding hydrogens is 294 g/mol. The molecule has 0 fully saturated rings. The number of rotatable bonds is 5. The van der Waals surface area contributed by atoms with Gasteiger partial charge in [-0.2, -0.15) is 0 Å². The fourth-order valence-corrected chi connectivity index (χ4v) is 3.07. The summed E-state index contributed by atoms with van der Waals surface area (Å²) >= 11 is 1.68. The molecule has 0 saturated carbocycles. The largest absolute Gasteiger partial charge is 0.497 e. The SMILES string of the molecule is COc1ccc(OCc2sc(-c3ccccc3)nc2C)cc1. The Morgan fingerprint density at radius 1 is 0.955 bits per heavy atom. The highest BCUT2D eigenvalue weighted by atomic mass is 32.1. The van der Waals surface area contributed by atoms with Crippen molar-refractivity contribution in [3.8, 4) is 22.1 Å². The van der Waals surface area contributed by atoms with Crippen molar-refractivity contribution < 1.29 is 9.47 Å². The van der Waals surface area contributed by atoms with Crippen molar-refractivity contribution in [2.45, 2.75) is 13.5 Å². The van der Waals surface area contributed by atoms with Gasteiger partial charge >= 0.3 is 0 Å². The molecule has 1 aromatic heterocycles. The lowest BCUT2D eigenvalue weighted by atomic mass is 10.2. The highest BCUT2D eigenvalue weighted by Gasteiger charge is 2.09. The first-order valence-electron chi connectivity index (χ1n) is 7.05. The fourth-order valence-electron chi connectivity index (χ4n) is 2.09. The summed E-state index contributed by atoms with van der Waals surface area (Å²) < 4.78 is 11.0. The normalized spacial score (nSPS) is 10.5. The molecule has 0 amide bonds. The molecule has 0 unspecified atom stereocenters. The van der Waals surface area contributed by atoms with Gasteiger partial charge in [-0.25, -0.2) is 4.98 Å². The zero-order chi connectivity index (χ0) is 15.4. The number of benzene rings is 2. The van der Waals surface area contributed by atoms with Crippen LogP contribution in [0, 0.1) is 6.92 Å². The van der Waals surface area contributed by atoms with E-state index >= 15 is 0 Å². The molecule has 4 heteroatoms. The highest BCUT2D eigenvalue weighted by molar-refractivity contribution is 7.15. The van der Waals surface area contributed by atoms with Crippen molar-refractivity contribution in [2.75, 3.05) is 7.11 Å². The first kappa shape index (κ1) is 14.6. The Labute approximate surface area is 134 Å². The minimum Gasteiger partial charge on any atom is -0.497 e. The monoisotopic (exact) mass is 311 g/mol. The van der Waals surface area contributed by atoms with E-state index in [1.807, 2.05) is 49.4 Å². The van der Waals surface area contributed by atoms with Crippen LogP contribution >= 0.6 is 11.3 Å². The second-order valence-corrected chi connectivity index (χ2v) is 5.94. The van der Waals surface area contributed by atoms with Gasteiger partial charge in [0, 0.05) is 5.56 Å². The molecule has 22 heavy (non-hydrogen) atoms. The van der Waals surface area contributed by atoms with Gasteiger partial charge in [0.1, 0.15) is 23.1 Å². The van der Waals surface area contributed by atoms with Gasteiger partial charge in [0.15, 0.2) is 0 Å². The molecule has 3 rings (SSSR count). The van der Waals surface area contributed by atoms with Crippen LogP contribution in [-0.2, 0) is 6.61 Å². The van der Waals surface area contributed by atoms with E-state index in [-0.39, 0.29) is 0 Å². The molecule has 0 aliphatic rings. The standard InChI is InChI=1S/C18H17NO2S/c1-13-17(12-21-16-10-8-15(20-2)9-11-16)22-18(19-13)14-6-4-3-5-7-14/h3-11H,12H2,1-2H3. The third-order valence-corrected chi connectivity index (χ3v) is 4.52. The minimum absolute atomic E-state index is 0.530. The molecule has 0 spiro atoms. The first-order valence-corrected chi connectivity index (χ1v) is 7.86. The van der Waals surface area contributed by atoms with E-state index in [1.54, 1.807) is 18.4 Å². The summed E-state index contributed by atoms with van der Waals surface area (Å²) in [6, 6.07) is 17.8. The molecular formula is C18H17NO2S. The van der Waals surface area contributed by atoms with Crippen molar-refractivity contribution in [1.82, 2.24) is 4.98 Å². The van der Waals surface area contributed by atoms with E-state index in [2.05, 4.69) is 17.1 Å². The van der Waals surface area contributed by atoms with Gasteiger partial charge in [0.2, 0.25) is 0 Å². The average molecular weight is 311 g/mol. The molecule has 0 saturated heterocycles. The van der Waals surface area contributed by atoms with Crippen molar-refractivity contribution in [2.24, 2.45) is 0 Å². The maximum absolute atomic E-state index is 5.84. The van der Waals surface area contributed by atoms with Gasteiger partial charge in [-0.1, -0.05) is 30.3 Å². The Bertz CT molecular complexity index is 736. The Balaban J connectivity index is 1.71. The maximum atomic E-state index is 5.84. The number of methoxy groups -OCH3 is 1. The lowest BCUT2D eigenvalue weighted by Gasteiger charge is -2.06. The van der Waals surface area contributed by atoms with Crippen LogP contribution in [0.2, 0.25) is 0 Å². The molecule has 3 aromatic rings. The molecule has 1 heterocycles. The summed E-state index contributed by atoms with van der Waals surface area (Å²) in [5.74, 6) is 1.66. The predicted octanol–water partition coefficient (Wildman–Crippen LogP) is 4.71. The molecule has 2 aromatic carbocycles. The number of hydrogen-bond donors (Lipinski definition) is 0. The number of thiazole rings is 1. The van der Waals surface area contributed by atoms with Crippen LogP contribution in [-0.4, -0.2) is 12.1 Å². The summed E-state index contributed by atoms with van der Waals surface area (Å²) in [5.41, 5.74) is 2.17. The summed E-state index contributed by atoms with van der Waals surface area (Å²) in [6.07, 6.45) is 0. The molecule has 0 aliphatic carbocycles. The smallest absolute Gasteiger partial charge is 0.124 e. The zero-order valence-corrected chi connectivity index (χ0v) is 13.4. The lowest BCUT2D eigenvalue weighted by molar-refractivity contribution is 0.308. The second-order valence-electron chi connectivity index (χ2n) is 4.86. The summed E-state index contributed by atoms with van der Waals surface area (Å²) in [7, 11) is 1.65. The van der Waals surface area contributed by atoms with Crippen molar-refractivity contribution in [1.29, 1.82) is 0 Å². The van der Waals surface area contributed by atoms with E-state index in [9.17, 15) is 0 Å². The van der Waals surface area contributed by atoms with Gasteiger partial charge < -0.3 is 9.47 Å². The van der Waals surface area contributed by atoms with E-state index < -0.39 is 0 Å². The van der Waals surface area contributed by atoms with Crippen molar-refractivity contribution in [3.05, 3.63) is 65.2 Å². The maximum Gasteiger partial charge on any atom is 0.124 e. The van der Waals surface area contributed by atoms with Gasteiger partial charge in [0.05, 0.1) is 17.7 Å². The number of hydrogen-bond acceptors (Lipinski definition) is 4. The zero-order valence-electron chi connectivity index (χ0n) is 12.6. The van der Waals surface area contributed by atoms with Crippen LogP contribution in [0.15, 0.2) is 54.6 Å². The molecule has 0 aliphatic heterocycles. The number of aryl methyl sites for hydroxylation is 1. The summed E-state index contributed by atoms with van der Waals surface area (Å²) in [4.78, 5) is 5.79. The topological polar surface area (TPSA) is 31.4 Å².